The maximum atomic E-state index is 13.2. The number of fused-ring (bicyclic) bond motifs is 1. The van der Waals surface area contributed by atoms with E-state index >= 15 is 0 Å². The third-order valence-corrected chi connectivity index (χ3v) is 4.94. The molecule has 0 saturated heterocycles. The lowest BCUT2D eigenvalue weighted by atomic mass is 10.1. The van der Waals surface area contributed by atoms with E-state index in [9.17, 15) is 14.7 Å². The van der Waals surface area contributed by atoms with Crippen molar-refractivity contribution in [2.75, 3.05) is 25.7 Å². The van der Waals surface area contributed by atoms with Crippen molar-refractivity contribution in [3.05, 3.63) is 52.7 Å². The minimum Gasteiger partial charge on any atom is -0.497 e. The number of hydrogen-bond donors (Lipinski definition) is 2. The SMILES string of the molecule is CCN(C(=O)Cc1c(C(=O)O)[nH]c2ccc(Cl)cc12)c1cc(OC)ccc1OC. The van der Waals surface area contributed by atoms with Gasteiger partial charge in [0.2, 0.25) is 5.91 Å². The number of likely N-dealkylation sites (N-methyl/N-ethyl adjacent to an activating group) is 1. The number of halogens is 1. The number of carboxylic acids is 1. The van der Waals surface area contributed by atoms with Crippen molar-refractivity contribution in [1.82, 2.24) is 4.98 Å². The molecule has 2 N–H and O–H groups in total. The third kappa shape index (κ3) is 4.00. The van der Waals surface area contributed by atoms with Gasteiger partial charge in [-0.1, -0.05) is 11.6 Å². The zero-order chi connectivity index (χ0) is 21.1. The van der Waals surface area contributed by atoms with E-state index in [1.807, 2.05) is 6.92 Å². The molecule has 0 aliphatic rings. The van der Waals surface area contributed by atoms with E-state index in [4.69, 9.17) is 21.1 Å². The lowest BCUT2D eigenvalue weighted by molar-refractivity contribution is -0.117. The number of H-pyrrole nitrogens is 1. The first kappa shape index (κ1) is 20.5. The number of amides is 1. The number of ether oxygens (including phenoxy) is 2. The van der Waals surface area contributed by atoms with E-state index < -0.39 is 5.97 Å². The predicted molar refractivity (Wildman–Crippen MR) is 112 cm³/mol. The van der Waals surface area contributed by atoms with Crippen LogP contribution in [0, 0.1) is 0 Å². The maximum absolute atomic E-state index is 13.2. The molecule has 2 aromatic carbocycles. The van der Waals surface area contributed by atoms with Crippen molar-refractivity contribution in [2.24, 2.45) is 0 Å². The van der Waals surface area contributed by atoms with Crippen molar-refractivity contribution in [1.29, 1.82) is 0 Å². The van der Waals surface area contributed by atoms with Gasteiger partial charge in [0.05, 0.1) is 26.3 Å². The van der Waals surface area contributed by atoms with Crippen molar-refractivity contribution in [3.63, 3.8) is 0 Å². The van der Waals surface area contributed by atoms with Crippen LogP contribution in [-0.2, 0) is 11.2 Å². The molecule has 1 heterocycles. The van der Waals surface area contributed by atoms with E-state index in [1.165, 1.54) is 12.0 Å². The largest absolute Gasteiger partial charge is 0.497 e. The molecule has 3 rings (SSSR count). The van der Waals surface area contributed by atoms with E-state index in [0.29, 0.717) is 45.2 Å². The highest BCUT2D eigenvalue weighted by molar-refractivity contribution is 6.31. The van der Waals surface area contributed by atoms with Crippen LogP contribution in [0.2, 0.25) is 5.02 Å². The van der Waals surface area contributed by atoms with Gasteiger partial charge in [-0.2, -0.15) is 0 Å². The van der Waals surface area contributed by atoms with Crippen LogP contribution in [-0.4, -0.2) is 42.7 Å². The number of aromatic amines is 1. The topological polar surface area (TPSA) is 91.9 Å². The Kier molecular flexibility index (Phi) is 5.98. The van der Waals surface area contributed by atoms with Crippen LogP contribution in [0.25, 0.3) is 10.9 Å². The highest BCUT2D eigenvalue weighted by atomic mass is 35.5. The molecular weight excluding hydrogens is 396 g/mol. The minimum atomic E-state index is -1.14. The van der Waals surface area contributed by atoms with Gasteiger partial charge in [-0.05, 0) is 37.3 Å². The molecule has 1 aromatic heterocycles. The van der Waals surface area contributed by atoms with Crippen molar-refractivity contribution < 1.29 is 24.2 Å². The number of hydrogen-bond acceptors (Lipinski definition) is 4. The van der Waals surface area contributed by atoms with Gasteiger partial charge in [-0.15, -0.1) is 0 Å². The highest BCUT2D eigenvalue weighted by Gasteiger charge is 2.24. The Balaban J connectivity index is 2.04. The molecule has 0 aliphatic heterocycles. The Morgan fingerprint density at radius 3 is 2.52 bits per heavy atom. The summed E-state index contributed by atoms with van der Waals surface area (Å²) in [6.45, 7) is 2.20. The lowest BCUT2D eigenvalue weighted by Gasteiger charge is -2.24. The third-order valence-electron chi connectivity index (χ3n) is 4.70. The summed E-state index contributed by atoms with van der Waals surface area (Å²) in [6.07, 6.45) is -0.115. The summed E-state index contributed by atoms with van der Waals surface area (Å²) < 4.78 is 10.7. The number of aromatic nitrogens is 1. The van der Waals surface area contributed by atoms with Gasteiger partial charge in [0, 0.05) is 34.1 Å². The second-order valence-corrected chi connectivity index (χ2v) is 6.76. The molecule has 0 aliphatic carbocycles. The summed E-state index contributed by atoms with van der Waals surface area (Å²) in [5.41, 5.74) is 1.52. The predicted octanol–water partition coefficient (Wildman–Crippen LogP) is 4.13. The monoisotopic (exact) mass is 416 g/mol. The van der Waals surface area contributed by atoms with Gasteiger partial charge < -0.3 is 24.5 Å². The Labute approximate surface area is 172 Å². The number of methoxy groups -OCH3 is 2. The fourth-order valence-electron chi connectivity index (χ4n) is 3.32. The fraction of sp³-hybridized carbons (Fsp3) is 0.238. The molecule has 0 atom stereocenters. The first-order chi connectivity index (χ1) is 13.9. The van der Waals surface area contributed by atoms with Crippen LogP contribution < -0.4 is 14.4 Å². The average molecular weight is 417 g/mol. The molecule has 0 saturated carbocycles. The summed E-state index contributed by atoms with van der Waals surface area (Å²) in [6, 6.07) is 10.2. The highest BCUT2D eigenvalue weighted by Crippen LogP contribution is 2.33. The fourth-order valence-corrected chi connectivity index (χ4v) is 3.49. The first-order valence-electron chi connectivity index (χ1n) is 8.95. The first-order valence-corrected chi connectivity index (χ1v) is 9.33. The van der Waals surface area contributed by atoms with Crippen LogP contribution in [0.1, 0.15) is 23.0 Å². The van der Waals surface area contributed by atoms with Crippen LogP contribution >= 0.6 is 11.6 Å². The quantitative estimate of drug-likeness (QED) is 0.604. The summed E-state index contributed by atoms with van der Waals surface area (Å²) in [5, 5.41) is 10.7. The number of aromatic carboxylic acids is 1. The Hall–Kier alpha value is -3.19. The van der Waals surface area contributed by atoms with Gasteiger partial charge in [0.1, 0.15) is 17.2 Å². The molecule has 152 valence electrons. The van der Waals surface area contributed by atoms with E-state index in [2.05, 4.69) is 4.98 Å². The summed E-state index contributed by atoms with van der Waals surface area (Å²) in [4.78, 5) is 29.3. The van der Waals surface area contributed by atoms with Gasteiger partial charge >= 0.3 is 5.97 Å². The molecular formula is C21H21ClN2O5. The number of nitrogens with zero attached hydrogens (tertiary/aromatic N) is 1. The molecule has 8 heteroatoms. The molecule has 0 fully saturated rings. The summed E-state index contributed by atoms with van der Waals surface area (Å²) >= 11 is 6.09. The maximum Gasteiger partial charge on any atom is 0.352 e. The second kappa shape index (κ2) is 8.45. The van der Waals surface area contributed by atoms with E-state index in [0.717, 1.165) is 0 Å². The molecule has 0 radical (unpaired) electrons. The van der Waals surface area contributed by atoms with E-state index in [1.54, 1.807) is 43.5 Å². The number of benzene rings is 2. The number of nitrogens with one attached hydrogen (secondary N) is 1. The normalized spacial score (nSPS) is 10.8. The van der Waals surface area contributed by atoms with Gasteiger partial charge in [0.25, 0.3) is 0 Å². The molecule has 0 bridgehead atoms. The standard InChI is InChI=1S/C21H21ClN2O5/c1-4-24(17-10-13(28-2)6-8-18(17)29-3)19(25)11-15-14-9-12(22)5-7-16(14)23-20(15)21(26)27/h5-10,23H,4,11H2,1-3H3,(H,26,27). The Bertz CT molecular complexity index is 1080. The Morgan fingerprint density at radius 1 is 1.14 bits per heavy atom. The van der Waals surface area contributed by atoms with Crippen LogP contribution in [0.15, 0.2) is 36.4 Å². The second-order valence-electron chi connectivity index (χ2n) is 6.33. The number of carbonyl (C=O) groups is 2. The molecule has 7 nitrogen and oxygen atoms in total. The molecule has 0 unspecified atom stereocenters. The lowest BCUT2D eigenvalue weighted by Crippen LogP contribution is -2.32. The van der Waals surface area contributed by atoms with E-state index in [-0.39, 0.29) is 18.0 Å². The average Bonchev–Trinajstić information content (AvgIpc) is 3.06. The molecule has 3 aromatic rings. The van der Waals surface area contributed by atoms with Crippen molar-refractivity contribution >= 4 is 40.1 Å². The number of rotatable bonds is 7. The van der Waals surface area contributed by atoms with Crippen molar-refractivity contribution in [3.8, 4) is 11.5 Å². The van der Waals surface area contributed by atoms with Gasteiger partial charge in [-0.3, -0.25) is 4.79 Å². The summed E-state index contributed by atoms with van der Waals surface area (Å²) in [7, 11) is 3.06. The molecule has 0 spiro atoms. The number of carbonyl (C=O) groups excluding carboxylic acids is 1. The zero-order valence-corrected chi connectivity index (χ0v) is 17.0. The molecule has 1 amide bonds. The molecule has 29 heavy (non-hydrogen) atoms. The zero-order valence-electron chi connectivity index (χ0n) is 16.3. The summed E-state index contributed by atoms with van der Waals surface area (Å²) in [5.74, 6) is -0.317. The van der Waals surface area contributed by atoms with Crippen LogP contribution in [0.3, 0.4) is 0 Å². The minimum absolute atomic E-state index is 0.0238. The van der Waals surface area contributed by atoms with Gasteiger partial charge in [0.15, 0.2) is 0 Å². The van der Waals surface area contributed by atoms with Crippen molar-refractivity contribution in [2.45, 2.75) is 13.3 Å². The smallest absolute Gasteiger partial charge is 0.352 e. The van der Waals surface area contributed by atoms with Crippen LogP contribution in [0.5, 0.6) is 11.5 Å². The Morgan fingerprint density at radius 2 is 1.90 bits per heavy atom. The van der Waals surface area contributed by atoms with Crippen LogP contribution in [0.4, 0.5) is 5.69 Å². The van der Waals surface area contributed by atoms with Gasteiger partial charge in [-0.25, -0.2) is 4.79 Å². The number of anilines is 1. The number of carboxylic acid groups (broad SMARTS) is 1.